The number of halogens is 1. The molecule has 1 aromatic carbocycles. The van der Waals surface area contributed by atoms with E-state index < -0.39 is 15.8 Å². The third-order valence-electron chi connectivity index (χ3n) is 3.93. The quantitative estimate of drug-likeness (QED) is 0.819. The largest absolute Gasteiger partial charge is 0.303 e. The Morgan fingerprint density at radius 3 is 2.71 bits per heavy atom. The average Bonchev–Trinajstić information content (AvgIpc) is 2.45. The summed E-state index contributed by atoms with van der Waals surface area (Å²) in [7, 11) is -3.60. The van der Waals surface area contributed by atoms with E-state index in [0.29, 0.717) is 6.54 Å². The van der Waals surface area contributed by atoms with Crippen LogP contribution in [0.2, 0.25) is 0 Å². The summed E-state index contributed by atoms with van der Waals surface area (Å²) in [5.74, 6) is 0.257. The number of benzene rings is 1. The predicted molar refractivity (Wildman–Crippen MR) is 81.0 cm³/mol. The van der Waals surface area contributed by atoms with Crippen molar-refractivity contribution in [3.8, 4) is 0 Å². The van der Waals surface area contributed by atoms with Crippen molar-refractivity contribution in [1.82, 2.24) is 9.62 Å². The molecule has 1 saturated heterocycles. The maximum Gasteiger partial charge on any atom is 0.240 e. The topological polar surface area (TPSA) is 49.4 Å². The molecule has 1 aromatic rings. The molecule has 0 aromatic heterocycles. The standard InChI is InChI=1S/C15H23FN2O2S/c1-13-6-10-18(11-7-13)9-3-8-17-21(19,20)15-5-2-4-14(16)12-15/h2,4-5,12-13,17H,3,6-11H2,1H3. The Morgan fingerprint density at radius 1 is 1.33 bits per heavy atom. The first kappa shape index (κ1) is 16.4. The third-order valence-corrected chi connectivity index (χ3v) is 5.38. The fourth-order valence-corrected chi connectivity index (χ4v) is 3.62. The molecule has 1 fully saturated rings. The third kappa shape index (κ3) is 5.05. The molecule has 0 amide bonds. The highest BCUT2D eigenvalue weighted by atomic mass is 32.2. The number of likely N-dealkylation sites (tertiary alicyclic amines) is 1. The van der Waals surface area contributed by atoms with Gasteiger partial charge in [0.15, 0.2) is 0 Å². The smallest absolute Gasteiger partial charge is 0.240 e. The zero-order valence-corrected chi connectivity index (χ0v) is 13.2. The van der Waals surface area contributed by atoms with Crippen LogP contribution in [0.4, 0.5) is 4.39 Å². The van der Waals surface area contributed by atoms with Crippen molar-refractivity contribution in [2.75, 3.05) is 26.2 Å². The summed E-state index contributed by atoms with van der Waals surface area (Å²) < 4.78 is 39.6. The Morgan fingerprint density at radius 2 is 2.05 bits per heavy atom. The molecule has 1 aliphatic rings. The van der Waals surface area contributed by atoms with Crippen LogP contribution >= 0.6 is 0 Å². The van der Waals surface area contributed by atoms with Crippen molar-refractivity contribution >= 4 is 10.0 Å². The van der Waals surface area contributed by atoms with Gasteiger partial charge in [-0.15, -0.1) is 0 Å². The predicted octanol–water partition coefficient (Wildman–Crippen LogP) is 2.23. The number of nitrogens with zero attached hydrogens (tertiary/aromatic N) is 1. The van der Waals surface area contributed by atoms with Crippen molar-refractivity contribution in [3.05, 3.63) is 30.1 Å². The van der Waals surface area contributed by atoms with E-state index in [0.717, 1.165) is 38.0 Å². The fourth-order valence-electron chi connectivity index (χ4n) is 2.51. The second kappa shape index (κ2) is 7.33. The van der Waals surface area contributed by atoms with Gasteiger partial charge in [-0.3, -0.25) is 0 Å². The van der Waals surface area contributed by atoms with Crippen LogP contribution in [0.15, 0.2) is 29.2 Å². The number of sulfonamides is 1. The molecule has 0 aliphatic carbocycles. The Bertz CT molecular complexity index is 555. The molecule has 1 N–H and O–H groups in total. The first-order valence-corrected chi connectivity index (χ1v) is 8.93. The number of hydrogen-bond donors (Lipinski definition) is 1. The van der Waals surface area contributed by atoms with E-state index in [4.69, 9.17) is 0 Å². The Labute approximate surface area is 126 Å². The average molecular weight is 314 g/mol. The summed E-state index contributed by atoms with van der Waals surface area (Å²) in [6, 6.07) is 5.07. The summed E-state index contributed by atoms with van der Waals surface area (Å²) in [6.45, 7) is 5.74. The van der Waals surface area contributed by atoms with Crippen LogP contribution in [0.3, 0.4) is 0 Å². The molecular weight excluding hydrogens is 291 g/mol. The molecular formula is C15H23FN2O2S. The summed E-state index contributed by atoms with van der Waals surface area (Å²) in [6.07, 6.45) is 3.20. The van der Waals surface area contributed by atoms with Gasteiger partial charge in [0, 0.05) is 6.54 Å². The van der Waals surface area contributed by atoms with Crippen molar-refractivity contribution in [1.29, 1.82) is 0 Å². The molecule has 0 unspecified atom stereocenters. The lowest BCUT2D eigenvalue weighted by Gasteiger charge is -2.30. The van der Waals surface area contributed by atoms with Gasteiger partial charge in [0.25, 0.3) is 0 Å². The van der Waals surface area contributed by atoms with E-state index >= 15 is 0 Å². The second-order valence-electron chi connectivity index (χ2n) is 5.73. The molecule has 4 nitrogen and oxygen atoms in total. The van der Waals surface area contributed by atoms with Crippen LogP contribution in [-0.4, -0.2) is 39.5 Å². The molecule has 1 heterocycles. The molecule has 6 heteroatoms. The molecule has 0 spiro atoms. The van der Waals surface area contributed by atoms with E-state index in [9.17, 15) is 12.8 Å². The minimum Gasteiger partial charge on any atom is -0.303 e. The summed E-state index contributed by atoms with van der Waals surface area (Å²) in [5, 5.41) is 0. The van der Waals surface area contributed by atoms with Crippen LogP contribution in [-0.2, 0) is 10.0 Å². The van der Waals surface area contributed by atoms with Gasteiger partial charge >= 0.3 is 0 Å². The Hall–Kier alpha value is -0.980. The van der Waals surface area contributed by atoms with Crippen molar-refractivity contribution in [3.63, 3.8) is 0 Å². The minimum atomic E-state index is -3.60. The monoisotopic (exact) mass is 314 g/mol. The molecule has 0 saturated carbocycles. The summed E-state index contributed by atoms with van der Waals surface area (Å²) in [5.41, 5.74) is 0. The minimum absolute atomic E-state index is 0.0192. The molecule has 1 aliphatic heterocycles. The van der Waals surface area contributed by atoms with Gasteiger partial charge in [0.05, 0.1) is 4.90 Å². The van der Waals surface area contributed by atoms with Crippen LogP contribution in [0.25, 0.3) is 0 Å². The lowest BCUT2D eigenvalue weighted by molar-refractivity contribution is 0.191. The summed E-state index contributed by atoms with van der Waals surface area (Å²) >= 11 is 0. The highest BCUT2D eigenvalue weighted by Gasteiger charge is 2.16. The van der Waals surface area contributed by atoms with Gasteiger partial charge in [0.1, 0.15) is 5.82 Å². The molecule has 21 heavy (non-hydrogen) atoms. The van der Waals surface area contributed by atoms with Crippen molar-refractivity contribution in [2.45, 2.75) is 31.1 Å². The first-order valence-electron chi connectivity index (χ1n) is 7.45. The Balaban J connectivity index is 1.75. The van der Waals surface area contributed by atoms with E-state index in [-0.39, 0.29) is 4.90 Å². The Kier molecular flexibility index (Phi) is 5.72. The number of rotatable bonds is 6. The molecule has 0 atom stereocenters. The normalized spacial score (nSPS) is 18.0. The lowest BCUT2D eigenvalue weighted by Crippen LogP contribution is -2.35. The summed E-state index contributed by atoms with van der Waals surface area (Å²) in [4.78, 5) is 2.35. The SMILES string of the molecule is CC1CCN(CCCNS(=O)(=O)c2cccc(F)c2)CC1. The van der Waals surface area contributed by atoms with Gasteiger partial charge < -0.3 is 4.90 Å². The van der Waals surface area contributed by atoms with E-state index in [2.05, 4.69) is 16.5 Å². The zero-order chi connectivity index (χ0) is 15.3. The highest BCUT2D eigenvalue weighted by molar-refractivity contribution is 7.89. The number of nitrogens with one attached hydrogen (secondary N) is 1. The van der Waals surface area contributed by atoms with Gasteiger partial charge in [-0.05, 0) is 63.0 Å². The molecule has 118 valence electrons. The maximum atomic E-state index is 13.1. The van der Waals surface area contributed by atoms with E-state index in [1.54, 1.807) is 0 Å². The van der Waals surface area contributed by atoms with Crippen LogP contribution in [0.5, 0.6) is 0 Å². The zero-order valence-electron chi connectivity index (χ0n) is 12.4. The second-order valence-corrected chi connectivity index (χ2v) is 7.50. The lowest BCUT2D eigenvalue weighted by atomic mass is 9.99. The van der Waals surface area contributed by atoms with Crippen molar-refractivity contribution < 1.29 is 12.8 Å². The van der Waals surface area contributed by atoms with Crippen LogP contribution in [0, 0.1) is 11.7 Å². The van der Waals surface area contributed by atoms with E-state index in [1.165, 1.54) is 31.0 Å². The van der Waals surface area contributed by atoms with Gasteiger partial charge in [0.2, 0.25) is 10.0 Å². The first-order chi connectivity index (χ1) is 9.97. The molecule has 0 radical (unpaired) electrons. The molecule has 2 rings (SSSR count). The van der Waals surface area contributed by atoms with Gasteiger partial charge in [-0.25, -0.2) is 17.5 Å². The van der Waals surface area contributed by atoms with Gasteiger partial charge in [-0.2, -0.15) is 0 Å². The van der Waals surface area contributed by atoms with Crippen molar-refractivity contribution in [2.24, 2.45) is 5.92 Å². The van der Waals surface area contributed by atoms with Gasteiger partial charge in [-0.1, -0.05) is 13.0 Å². The van der Waals surface area contributed by atoms with Crippen LogP contribution < -0.4 is 4.72 Å². The van der Waals surface area contributed by atoms with Crippen LogP contribution in [0.1, 0.15) is 26.2 Å². The number of piperidine rings is 1. The molecule has 0 bridgehead atoms. The van der Waals surface area contributed by atoms with E-state index in [1.807, 2.05) is 0 Å². The highest BCUT2D eigenvalue weighted by Crippen LogP contribution is 2.16. The number of hydrogen-bond acceptors (Lipinski definition) is 3. The maximum absolute atomic E-state index is 13.1. The fraction of sp³-hybridized carbons (Fsp3) is 0.600.